The second kappa shape index (κ2) is 22.6. The minimum Gasteiger partial charge on any atom is -0.480 e. The maximum Gasteiger partial charge on any atom is 0.475 e. The summed E-state index contributed by atoms with van der Waals surface area (Å²) in [7, 11) is -1.70. The van der Waals surface area contributed by atoms with Crippen LogP contribution in [0.5, 0.6) is 0 Å². The van der Waals surface area contributed by atoms with Gasteiger partial charge in [0.15, 0.2) is 5.78 Å². The lowest BCUT2D eigenvalue weighted by atomic mass is 9.78. The zero-order valence-corrected chi connectivity index (χ0v) is 32.2. The average molecular weight is 770 g/mol. The minimum absolute atomic E-state index is 0.183. The number of carboxylic acid groups (broad SMARTS) is 3. The van der Waals surface area contributed by atoms with Crippen LogP contribution >= 0.6 is 0 Å². The predicted octanol–water partition coefficient (Wildman–Crippen LogP) is -2.66. The molecular weight excluding hydrogens is 709 g/mol. The van der Waals surface area contributed by atoms with Crippen LogP contribution in [0.15, 0.2) is 0 Å². The van der Waals surface area contributed by atoms with Crippen LogP contribution in [0.25, 0.3) is 0 Å². The molecule has 0 spiro atoms. The van der Waals surface area contributed by atoms with Crippen molar-refractivity contribution in [2.24, 2.45) is 17.8 Å². The molecule has 2 rings (SSSR count). The van der Waals surface area contributed by atoms with Gasteiger partial charge >= 0.3 is 25.0 Å². The number of rotatable bonds is 18. The van der Waals surface area contributed by atoms with Crippen molar-refractivity contribution in [3.8, 4) is 0 Å². The summed E-state index contributed by atoms with van der Waals surface area (Å²) in [5, 5.41) is 53.2. The Kier molecular flexibility index (Phi) is 19.5. The largest absolute Gasteiger partial charge is 0.480 e. The Bertz CT molecular complexity index is 1270. The number of amides is 3. The summed E-state index contributed by atoms with van der Waals surface area (Å²) in [4.78, 5) is 96.4. The summed E-state index contributed by atoms with van der Waals surface area (Å²) < 4.78 is 0. The van der Waals surface area contributed by atoms with Crippen molar-refractivity contribution in [2.75, 3.05) is 85.1 Å². The van der Waals surface area contributed by atoms with Gasteiger partial charge in [-0.2, -0.15) is 0 Å². The average Bonchev–Trinajstić information content (AvgIpc) is 3.56. The van der Waals surface area contributed by atoms with E-state index in [1.54, 1.807) is 47.3 Å². The molecule has 2 heterocycles. The second-order valence-corrected chi connectivity index (χ2v) is 15.0. The fourth-order valence-corrected chi connectivity index (χ4v) is 6.81. The van der Waals surface area contributed by atoms with Gasteiger partial charge in [-0.05, 0) is 31.6 Å². The number of carboxylic acids is 3. The summed E-state index contributed by atoms with van der Waals surface area (Å²) in [6.45, 7) is 9.61. The first-order valence-corrected chi connectivity index (χ1v) is 18.6. The van der Waals surface area contributed by atoms with Crippen molar-refractivity contribution in [3.05, 3.63) is 0 Å². The lowest BCUT2D eigenvalue weighted by molar-refractivity contribution is -0.140. The summed E-state index contributed by atoms with van der Waals surface area (Å²) >= 11 is 0. The van der Waals surface area contributed by atoms with Crippen molar-refractivity contribution < 1.29 is 58.9 Å². The molecule has 0 bridgehead atoms. The molecule has 0 unspecified atom stereocenters. The summed E-state index contributed by atoms with van der Waals surface area (Å²) in [6.07, 6.45) is 0.806. The highest BCUT2D eigenvalue weighted by Crippen LogP contribution is 2.21. The molecule has 7 N–H and O–H groups in total. The number of carbonyl (C=O) groups is 7. The van der Waals surface area contributed by atoms with E-state index in [0.29, 0.717) is 19.4 Å². The van der Waals surface area contributed by atoms with Crippen LogP contribution in [0.4, 0.5) is 0 Å². The number of Topliss-reactive ketones (excluding diaryl/α,β-unsaturated/α-hetero) is 1. The van der Waals surface area contributed by atoms with Crippen LogP contribution in [0.3, 0.4) is 0 Å². The molecule has 306 valence electrons. The van der Waals surface area contributed by atoms with Gasteiger partial charge in [-0.15, -0.1) is 0 Å². The Balaban J connectivity index is 2.15. The van der Waals surface area contributed by atoms with E-state index in [1.807, 2.05) is 0 Å². The van der Waals surface area contributed by atoms with E-state index < -0.39 is 66.7 Å². The van der Waals surface area contributed by atoms with Crippen molar-refractivity contribution in [3.63, 3.8) is 0 Å². The first-order valence-electron chi connectivity index (χ1n) is 18.6. The Morgan fingerprint density at radius 2 is 1.06 bits per heavy atom. The molecule has 3 amide bonds. The number of nitrogens with zero attached hydrogens (tertiary/aromatic N) is 5. The molecule has 0 aliphatic carbocycles. The molecule has 0 aromatic heterocycles. The lowest BCUT2D eigenvalue weighted by Gasteiger charge is -2.33. The van der Waals surface area contributed by atoms with E-state index in [9.17, 15) is 58.9 Å². The molecule has 2 saturated heterocycles. The van der Waals surface area contributed by atoms with Crippen LogP contribution < -0.4 is 10.6 Å². The molecule has 20 heteroatoms. The predicted molar refractivity (Wildman–Crippen MR) is 196 cm³/mol. The van der Waals surface area contributed by atoms with Gasteiger partial charge < -0.3 is 40.9 Å². The SMILES string of the molecule is CC(C)[C@H](CC(=O)[C@@H](NC(=O)CN1CCN(CC(=O)O)CCN(CC(=O)O)CCN(CC(=O)O)CC1)C(C)C)C(=O)N[C@H](C)C(=O)N1CCC[C@H]1B(O)O. The zero-order chi connectivity index (χ0) is 40.7. The maximum absolute atomic E-state index is 13.7. The summed E-state index contributed by atoms with van der Waals surface area (Å²) in [6, 6.07) is -1.93. The first kappa shape index (κ1) is 46.5. The topological polar surface area (TPSA) is 261 Å². The third kappa shape index (κ3) is 16.0. The van der Waals surface area contributed by atoms with Gasteiger partial charge in [-0.25, -0.2) is 0 Å². The standard InChI is InChI=1S/C34H60BN7O12/c1-22(2)25(33(51)36-24(5)34(52)42-8-6-7-27(42)35(53)54)17-26(43)32(23(3)4)37-28(44)18-38-9-11-39(19-29(45)46)13-15-41(21-31(49)50)16-14-40(12-10-38)20-30(47)48/h22-25,27,32,53-54H,6-21H2,1-5H3,(H,36,51)(H,37,44)(H,45,46)(H,47,48)(H,49,50)/t24-,25+,27+,32+/m1/s1. The van der Waals surface area contributed by atoms with E-state index in [1.165, 1.54) is 11.8 Å². The Labute approximate surface area is 317 Å². The molecule has 54 heavy (non-hydrogen) atoms. The highest BCUT2D eigenvalue weighted by Gasteiger charge is 2.39. The summed E-state index contributed by atoms with van der Waals surface area (Å²) in [5.74, 6) is -7.31. The zero-order valence-electron chi connectivity index (χ0n) is 32.2. The molecule has 0 aromatic carbocycles. The van der Waals surface area contributed by atoms with E-state index in [2.05, 4.69) is 10.6 Å². The molecule has 0 radical (unpaired) electrons. The van der Waals surface area contributed by atoms with Crippen LogP contribution in [0.2, 0.25) is 0 Å². The monoisotopic (exact) mass is 769 g/mol. The van der Waals surface area contributed by atoms with Gasteiger partial charge in [0, 0.05) is 71.2 Å². The molecule has 2 aliphatic rings. The van der Waals surface area contributed by atoms with Gasteiger partial charge in [0.05, 0.1) is 38.2 Å². The third-order valence-corrected chi connectivity index (χ3v) is 9.92. The van der Waals surface area contributed by atoms with E-state index in [-0.39, 0.29) is 103 Å². The Morgan fingerprint density at radius 1 is 0.630 bits per heavy atom. The van der Waals surface area contributed by atoms with Gasteiger partial charge in [-0.3, -0.25) is 53.2 Å². The Hall–Kier alpha value is -3.69. The number of nitrogens with one attached hydrogen (secondary N) is 2. The van der Waals surface area contributed by atoms with E-state index in [4.69, 9.17) is 0 Å². The van der Waals surface area contributed by atoms with Crippen LogP contribution in [0.1, 0.15) is 53.9 Å². The van der Waals surface area contributed by atoms with Crippen LogP contribution in [0, 0.1) is 17.8 Å². The van der Waals surface area contributed by atoms with Gasteiger partial charge in [-0.1, -0.05) is 27.7 Å². The Morgan fingerprint density at radius 3 is 1.43 bits per heavy atom. The number of hydrogen-bond donors (Lipinski definition) is 7. The highest BCUT2D eigenvalue weighted by molar-refractivity contribution is 6.43. The molecule has 0 saturated carbocycles. The van der Waals surface area contributed by atoms with Gasteiger partial charge in [0.25, 0.3) is 0 Å². The number of aliphatic carboxylic acids is 3. The number of carbonyl (C=O) groups excluding carboxylic acids is 4. The van der Waals surface area contributed by atoms with Crippen LogP contribution in [-0.4, -0.2) is 202 Å². The normalized spacial score (nSPS) is 20.4. The van der Waals surface area contributed by atoms with Crippen molar-refractivity contribution in [2.45, 2.75) is 71.9 Å². The number of hydrogen-bond acceptors (Lipinski definition) is 13. The molecule has 4 atom stereocenters. The van der Waals surface area contributed by atoms with Crippen molar-refractivity contribution in [1.82, 2.24) is 35.1 Å². The van der Waals surface area contributed by atoms with Crippen LogP contribution in [-0.2, 0) is 33.6 Å². The highest BCUT2D eigenvalue weighted by atomic mass is 16.4. The first-order chi connectivity index (χ1) is 25.3. The molecule has 2 fully saturated rings. The number of likely N-dealkylation sites (tertiary alicyclic amines) is 1. The number of ketones is 1. The van der Waals surface area contributed by atoms with Crippen molar-refractivity contribution >= 4 is 48.5 Å². The second-order valence-electron chi connectivity index (χ2n) is 15.0. The molecule has 0 aromatic rings. The van der Waals surface area contributed by atoms with Gasteiger partial charge in [0.1, 0.15) is 6.04 Å². The van der Waals surface area contributed by atoms with E-state index >= 15 is 0 Å². The third-order valence-electron chi connectivity index (χ3n) is 9.92. The quantitative estimate of drug-likeness (QED) is 0.0702. The fraction of sp³-hybridized carbons (Fsp3) is 0.794. The smallest absolute Gasteiger partial charge is 0.475 e. The molecular formula is C34H60BN7O12. The lowest BCUT2D eigenvalue weighted by Crippen LogP contribution is -2.54. The summed E-state index contributed by atoms with van der Waals surface area (Å²) in [5.41, 5.74) is 0. The van der Waals surface area contributed by atoms with Crippen molar-refractivity contribution in [1.29, 1.82) is 0 Å². The minimum atomic E-state index is -1.70. The maximum atomic E-state index is 13.7. The van der Waals surface area contributed by atoms with Gasteiger partial charge in [0.2, 0.25) is 17.7 Å². The van der Waals surface area contributed by atoms with E-state index in [0.717, 1.165) is 0 Å². The molecule has 19 nitrogen and oxygen atoms in total. The fourth-order valence-electron chi connectivity index (χ4n) is 6.81. The molecule has 2 aliphatic heterocycles.